The van der Waals surface area contributed by atoms with Gasteiger partial charge in [-0.15, -0.1) is 0 Å². The molecule has 2 aromatic carbocycles. The number of carbonyl (C=O) groups is 3. The van der Waals surface area contributed by atoms with Crippen molar-refractivity contribution in [2.45, 2.75) is 51.1 Å². The Balaban J connectivity index is 1.44. The Bertz CT molecular complexity index is 1480. The number of fused-ring (bicyclic) bond motifs is 3. The number of hydrogen-bond acceptors (Lipinski definition) is 5. The molecule has 9 nitrogen and oxygen atoms in total. The van der Waals surface area contributed by atoms with Crippen molar-refractivity contribution < 1.29 is 19.1 Å². The Morgan fingerprint density at radius 3 is 2.71 bits per heavy atom. The SMILES string of the molecule is COc1cccc2[nH]c(C(=O)NC(CC(C)(C)C)C(=O)N3C[C@]4(C[C@H]3C#N)C(=O)Nc3ccccc34)cc12. The number of amides is 3. The summed E-state index contributed by atoms with van der Waals surface area (Å²) >= 11 is 0. The largest absolute Gasteiger partial charge is 0.496 e. The van der Waals surface area contributed by atoms with Crippen LogP contribution in [0.3, 0.4) is 0 Å². The number of nitrogens with one attached hydrogen (secondary N) is 3. The second-order valence-electron chi connectivity index (χ2n) is 11.3. The molecular formula is C29H31N5O4. The van der Waals surface area contributed by atoms with Crippen LogP contribution in [-0.4, -0.2) is 53.3 Å². The van der Waals surface area contributed by atoms with Crippen molar-refractivity contribution in [3.63, 3.8) is 0 Å². The van der Waals surface area contributed by atoms with Crippen molar-refractivity contribution in [1.29, 1.82) is 5.26 Å². The summed E-state index contributed by atoms with van der Waals surface area (Å²) < 4.78 is 5.40. The number of aromatic amines is 1. The van der Waals surface area contributed by atoms with Gasteiger partial charge in [-0.25, -0.2) is 0 Å². The smallest absolute Gasteiger partial charge is 0.268 e. The van der Waals surface area contributed by atoms with Crippen molar-refractivity contribution in [2.75, 3.05) is 19.0 Å². The Morgan fingerprint density at radius 1 is 1.24 bits per heavy atom. The molecule has 1 saturated heterocycles. The number of carbonyl (C=O) groups excluding carboxylic acids is 3. The highest BCUT2D eigenvalue weighted by Crippen LogP contribution is 2.46. The van der Waals surface area contributed by atoms with E-state index >= 15 is 0 Å². The zero-order valence-electron chi connectivity index (χ0n) is 21.9. The fraction of sp³-hybridized carbons (Fsp3) is 0.379. The number of aromatic nitrogens is 1. The molecule has 3 heterocycles. The molecule has 196 valence electrons. The van der Waals surface area contributed by atoms with E-state index in [1.165, 1.54) is 4.90 Å². The van der Waals surface area contributed by atoms with Gasteiger partial charge in [-0.2, -0.15) is 5.26 Å². The highest BCUT2D eigenvalue weighted by atomic mass is 16.5. The second kappa shape index (κ2) is 9.21. The zero-order chi connectivity index (χ0) is 27.2. The summed E-state index contributed by atoms with van der Waals surface area (Å²) in [6, 6.07) is 15.1. The number of ether oxygens (including phenoxy) is 1. The fourth-order valence-corrected chi connectivity index (χ4v) is 5.66. The molecule has 9 heteroatoms. The molecule has 2 aliphatic rings. The Labute approximate surface area is 221 Å². The molecule has 5 rings (SSSR count). The molecule has 0 aliphatic carbocycles. The van der Waals surface area contributed by atoms with Crippen LogP contribution in [0.4, 0.5) is 5.69 Å². The third-order valence-corrected chi connectivity index (χ3v) is 7.42. The van der Waals surface area contributed by atoms with Gasteiger partial charge in [0, 0.05) is 29.6 Å². The molecule has 1 aromatic heterocycles. The summed E-state index contributed by atoms with van der Waals surface area (Å²) in [7, 11) is 1.57. The molecule has 38 heavy (non-hydrogen) atoms. The summed E-state index contributed by atoms with van der Waals surface area (Å²) in [6.45, 7) is 6.04. The number of H-pyrrole nitrogens is 1. The molecule has 0 radical (unpaired) electrons. The van der Waals surface area contributed by atoms with Gasteiger partial charge in [0.2, 0.25) is 11.8 Å². The van der Waals surface area contributed by atoms with Crippen LogP contribution < -0.4 is 15.4 Å². The van der Waals surface area contributed by atoms with E-state index in [4.69, 9.17) is 4.74 Å². The third kappa shape index (κ3) is 4.26. The lowest BCUT2D eigenvalue weighted by Crippen LogP contribution is -2.52. The molecule has 3 N–H and O–H groups in total. The molecule has 3 atom stereocenters. The summed E-state index contributed by atoms with van der Waals surface area (Å²) in [5, 5.41) is 16.6. The summed E-state index contributed by atoms with van der Waals surface area (Å²) in [5.74, 6) is -0.382. The Hall–Kier alpha value is -4.32. The minimum Gasteiger partial charge on any atom is -0.496 e. The molecule has 2 aliphatic heterocycles. The molecule has 1 fully saturated rings. The quantitative estimate of drug-likeness (QED) is 0.479. The van der Waals surface area contributed by atoms with Crippen LogP contribution in [0, 0.1) is 16.7 Å². The average Bonchev–Trinajstić information content (AvgIpc) is 3.57. The minimum atomic E-state index is -0.989. The number of rotatable bonds is 5. The zero-order valence-corrected chi connectivity index (χ0v) is 21.9. The summed E-state index contributed by atoms with van der Waals surface area (Å²) in [6.07, 6.45) is 0.557. The lowest BCUT2D eigenvalue weighted by atomic mass is 9.80. The normalized spacial score (nSPS) is 21.2. The van der Waals surface area contributed by atoms with E-state index in [1.807, 2.05) is 63.2 Å². The van der Waals surface area contributed by atoms with Gasteiger partial charge in [0.05, 0.1) is 18.6 Å². The van der Waals surface area contributed by atoms with Gasteiger partial charge in [-0.1, -0.05) is 45.0 Å². The second-order valence-corrected chi connectivity index (χ2v) is 11.3. The van der Waals surface area contributed by atoms with E-state index in [2.05, 4.69) is 21.7 Å². The van der Waals surface area contributed by atoms with E-state index in [9.17, 15) is 19.6 Å². The summed E-state index contributed by atoms with van der Waals surface area (Å²) in [5.41, 5.74) is 1.26. The lowest BCUT2D eigenvalue weighted by molar-refractivity contribution is -0.134. The minimum absolute atomic E-state index is 0.0764. The number of likely N-dealkylation sites (tertiary alicyclic amines) is 1. The van der Waals surface area contributed by atoms with Crippen molar-refractivity contribution in [3.05, 3.63) is 59.8 Å². The predicted molar refractivity (Wildman–Crippen MR) is 143 cm³/mol. The molecule has 3 aromatic rings. The van der Waals surface area contributed by atoms with Crippen LogP contribution in [0.1, 0.15) is 49.7 Å². The van der Waals surface area contributed by atoms with Crippen LogP contribution in [0.25, 0.3) is 10.9 Å². The van der Waals surface area contributed by atoms with Gasteiger partial charge in [0.15, 0.2) is 0 Å². The first kappa shape index (κ1) is 25.3. The molecule has 3 amide bonds. The average molecular weight is 514 g/mol. The molecular weight excluding hydrogens is 482 g/mol. The highest BCUT2D eigenvalue weighted by molar-refractivity contribution is 6.07. The van der Waals surface area contributed by atoms with E-state index in [0.717, 1.165) is 16.5 Å². The lowest BCUT2D eigenvalue weighted by Gasteiger charge is -2.31. The number of hydrogen-bond donors (Lipinski definition) is 3. The number of benzene rings is 2. The van der Waals surface area contributed by atoms with Gasteiger partial charge in [0.1, 0.15) is 23.5 Å². The van der Waals surface area contributed by atoms with E-state index < -0.39 is 23.4 Å². The van der Waals surface area contributed by atoms with Crippen LogP contribution in [0.5, 0.6) is 5.75 Å². The number of anilines is 1. The van der Waals surface area contributed by atoms with Crippen molar-refractivity contribution >= 4 is 34.3 Å². The van der Waals surface area contributed by atoms with Crippen molar-refractivity contribution in [2.24, 2.45) is 5.41 Å². The van der Waals surface area contributed by atoms with Crippen LogP contribution in [0.15, 0.2) is 48.5 Å². The van der Waals surface area contributed by atoms with Crippen molar-refractivity contribution in [3.8, 4) is 11.8 Å². The van der Waals surface area contributed by atoms with Crippen LogP contribution >= 0.6 is 0 Å². The first-order chi connectivity index (χ1) is 18.1. The number of nitriles is 1. The third-order valence-electron chi connectivity index (χ3n) is 7.42. The van der Waals surface area contributed by atoms with Gasteiger partial charge < -0.3 is 25.3 Å². The van der Waals surface area contributed by atoms with Gasteiger partial charge in [0.25, 0.3) is 5.91 Å². The topological polar surface area (TPSA) is 127 Å². The number of para-hydroxylation sites is 1. The number of nitrogens with zero attached hydrogens (tertiary/aromatic N) is 2. The maximum atomic E-state index is 14.0. The van der Waals surface area contributed by atoms with Crippen molar-refractivity contribution in [1.82, 2.24) is 15.2 Å². The van der Waals surface area contributed by atoms with Crippen LogP contribution in [-0.2, 0) is 15.0 Å². The Morgan fingerprint density at radius 2 is 2.00 bits per heavy atom. The maximum Gasteiger partial charge on any atom is 0.268 e. The first-order valence-electron chi connectivity index (χ1n) is 12.6. The standard InChI is InChI=1S/C29H31N5O4/c1-28(2,3)14-23(32-25(35)22-12-18-20(31-22)10-7-11-24(18)38-4)26(36)34-16-29(13-17(34)15-30)19-8-5-6-9-21(19)33-27(29)37/h5-12,17,23,31H,13-14,16H2,1-4H3,(H,32,35)(H,33,37)/t17-,23?,29-/m0/s1. The first-order valence-corrected chi connectivity index (χ1v) is 12.6. The highest BCUT2D eigenvalue weighted by Gasteiger charge is 2.56. The molecule has 1 unspecified atom stereocenters. The van der Waals surface area contributed by atoms with E-state index in [0.29, 0.717) is 23.6 Å². The van der Waals surface area contributed by atoms with Gasteiger partial charge >= 0.3 is 0 Å². The van der Waals surface area contributed by atoms with Crippen LogP contribution in [0.2, 0.25) is 0 Å². The monoisotopic (exact) mass is 513 g/mol. The molecule has 0 saturated carbocycles. The summed E-state index contributed by atoms with van der Waals surface area (Å²) in [4.78, 5) is 45.1. The fourth-order valence-electron chi connectivity index (χ4n) is 5.66. The maximum absolute atomic E-state index is 14.0. The molecule has 0 bridgehead atoms. The van der Waals surface area contributed by atoms with E-state index in [-0.39, 0.29) is 30.2 Å². The predicted octanol–water partition coefficient (Wildman–Crippen LogP) is 3.73. The van der Waals surface area contributed by atoms with E-state index in [1.54, 1.807) is 13.2 Å². The Kier molecular flexibility index (Phi) is 6.14. The van der Waals surface area contributed by atoms with Gasteiger partial charge in [-0.3, -0.25) is 14.4 Å². The number of methoxy groups -OCH3 is 1. The molecule has 1 spiro atoms. The van der Waals surface area contributed by atoms with Gasteiger partial charge in [-0.05, 0) is 41.7 Å².